The van der Waals surface area contributed by atoms with Crippen molar-refractivity contribution in [3.8, 4) is 23.7 Å². The minimum absolute atomic E-state index is 0.122. The Morgan fingerprint density at radius 1 is 0.607 bits per heavy atom. The van der Waals surface area contributed by atoms with Crippen molar-refractivity contribution < 1.29 is 0 Å². The summed E-state index contributed by atoms with van der Waals surface area (Å²) in [5.74, 6) is 15.4. The van der Waals surface area contributed by atoms with Crippen LogP contribution < -0.4 is 0 Å². The van der Waals surface area contributed by atoms with E-state index in [1.807, 2.05) is 0 Å². The van der Waals surface area contributed by atoms with Gasteiger partial charge >= 0.3 is 0 Å². The van der Waals surface area contributed by atoms with Gasteiger partial charge in [-0.15, -0.1) is 11.8 Å². The van der Waals surface area contributed by atoms with Crippen LogP contribution >= 0.6 is 0 Å². The molecule has 0 bridgehead atoms. The fourth-order valence-electron chi connectivity index (χ4n) is 3.69. The number of rotatable bonds is 4. The van der Waals surface area contributed by atoms with E-state index in [9.17, 15) is 0 Å². The molecule has 28 heavy (non-hydrogen) atoms. The maximum absolute atomic E-state index is 3.59. The zero-order chi connectivity index (χ0) is 19.9. The fourth-order valence-corrected chi connectivity index (χ4v) is 3.69. The van der Waals surface area contributed by atoms with Crippen molar-refractivity contribution in [3.05, 3.63) is 70.8 Å². The molecule has 2 unspecified atom stereocenters. The van der Waals surface area contributed by atoms with Crippen molar-refractivity contribution in [1.82, 2.24) is 0 Å². The van der Waals surface area contributed by atoms with Gasteiger partial charge in [-0.3, -0.25) is 0 Å². The van der Waals surface area contributed by atoms with Crippen LogP contribution in [0.5, 0.6) is 0 Å². The zero-order valence-corrected chi connectivity index (χ0v) is 17.8. The molecule has 0 amide bonds. The highest BCUT2D eigenvalue weighted by Crippen LogP contribution is 2.34. The second-order valence-electron chi connectivity index (χ2n) is 8.45. The molecule has 0 N–H and O–H groups in total. The average Bonchev–Trinajstić information content (AvgIpc) is 2.71. The first-order chi connectivity index (χ1) is 13.6. The monoisotopic (exact) mass is 368 g/mol. The van der Waals surface area contributed by atoms with E-state index < -0.39 is 0 Å². The van der Waals surface area contributed by atoms with Crippen molar-refractivity contribution >= 4 is 0 Å². The zero-order valence-electron chi connectivity index (χ0n) is 17.8. The van der Waals surface area contributed by atoms with Crippen molar-refractivity contribution in [2.75, 3.05) is 0 Å². The summed E-state index contributed by atoms with van der Waals surface area (Å²) in [4.78, 5) is 0. The first kappa shape index (κ1) is 20.3. The van der Waals surface area contributed by atoms with Crippen LogP contribution in [-0.2, 0) is 0 Å². The van der Waals surface area contributed by atoms with Gasteiger partial charge in [-0.25, -0.2) is 0 Å². The molecule has 1 aliphatic rings. The van der Waals surface area contributed by atoms with E-state index in [1.54, 1.807) is 0 Å². The predicted molar refractivity (Wildman–Crippen MR) is 121 cm³/mol. The van der Waals surface area contributed by atoms with Crippen LogP contribution in [0.1, 0.15) is 99.3 Å². The first-order valence-electron chi connectivity index (χ1n) is 10.7. The normalized spacial score (nSPS) is 19.5. The van der Waals surface area contributed by atoms with Gasteiger partial charge in [0.1, 0.15) is 0 Å². The third-order valence-corrected chi connectivity index (χ3v) is 5.63. The topological polar surface area (TPSA) is 0 Å². The molecule has 0 heteroatoms. The highest BCUT2D eigenvalue weighted by molar-refractivity contribution is 5.43. The van der Waals surface area contributed by atoms with Gasteiger partial charge in [0.15, 0.2) is 0 Å². The Kier molecular flexibility index (Phi) is 7.01. The Balaban J connectivity index is 2.01. The van der Waals surface area contributed by atoms with Gasteiger partial charge in [0.2, 0.25) is 0 Å². The van der Waals surface area contributed by atoms with E-state index in [0.717, 1.165) is 25.7 Å². The maximum Gasteiger partial charge on any atom is 0.0630 e. The summed E-state index contributed by atoms with van der Waals surface area (Å²) in [6, 6.07) is 18.1. The first-order valence-corrected chi connectivity index (χ1v) is 10.7. The second kappa shape index (κ2) is 9.66. The van der Waals surface area contributed by atoms with Crippen LogP contribution in [0.2, 0.25) is 0 Å². The molecule has 0 saturated carbocycles. The van der Waals surface area contributed by atoms with E-state index in [4.69, 9.17) is 0 Å². The van der Waals surface area contributed by atoms with E-state index in [2.05, 4.69) is 99.9 Å². The molecule has 3 rings (SSSR count). The van der Waals surface area contributed by atoms with Gasteiger partial charge in [0.25, 0.3) is 0 Å². The lowest BCUT2D eigenvalue weighted by Gasteiger charge is -2.21. The lowest BCUT2D eigenvalue weighted by atomic mass is 9.80. The summed E-state index contributed by atoms with van der Waals surface area (Å²) in [6.45, 7) is 8.96. The highest BCUT2D eigenvalue weighted by Gasteiger charge is 2.22. The minimum Gasteiger partial charge on any atom is -0.103 e. The van der Waals surface area contributed by atoms with Crippen LogP contribution in [0.4, 0.5) is 0 Å². The van der Waals surface area contributed by atoms with Crippen LogP contribution in [0.15, 0.2) is 48.5 Å². The SMILES string of the molecule is CC(C)c1ccc(C2C#CCCCCC#CC2c2ccc(C(C)C)cc2)cc1. The highest BCUT2D eigenvalue weighted by atomic mass is 14.2. The molecule has 2 aromatic carbocycles. The lowest BCUT2D eigenvalue weighted by molar-refractivity contribution is 0.750. The third-order valence-electron chi connectivity index (χ3n) is 5.63. The van der Waals surface area contributed by atoms with E-state index >= 15 is 0 Å². The molecule has 1 aliphatic carbocycles. The van der Waals surface area contributed by atoms with Crippen LogP contribution in [0.3, 0.4) is 0 Å². The maximum atomic E-state index is 3.59. The Labute approximate surface area is 171 Å². The molecule has 0 heterocycles. The minimum atomic E-state index is 0.122. The van der Waals surface area contributed by atoms with Crippen LogP contribution in [0.25, 0.3) is 0 Å². The summed E-state index contributed by atoms with van der Waals surface area (Å²) in [6.07, 6.45) is 4.24. The molecule has 0 spiro atoms. The number of hydrogen-bond donors (Lipinski definition) is 0. The Bertz CT molecular complexity index is 796. The quantitative estimate of drug-likeness (QED) is 0.494. The summed E-state index contributed by atoms with van der Waals surface area (Å²) >= 11 is 0. The molecule has 144 valence electrons. The molecule has 0 radical (unpaired) electrons. The molecule has 2 atom stereocenters. The molecule has 0 aromatic heterocycles. The second-order valence-corrected chi connectivity index (χ2v) is 8.45. The molecule has 0 fully saturated rings. The number of benzene rings is 2. The largest absolute Gasteiger partial charge is 0.103 e. The van der Waals surface area contributed by atoms with Crippen molar-refractivity contribution in [2.24, 2.45) is 0 Å². The predicted octanol–water partition coefficient (Wildman–Crippen LogP) is 7.38. The van der Waals surface area contributed by atoms with Gasteiger partial charge in [-0.05, 0) is 46.9 Å². The summed E-state index contributed by atoms with van der Waals surface area (Å²) < 4.78 is 0. The van der Waals surface area contributed by atoms with E-state index in [-0.39, 0.29) is 11.8 Å². The molecule has 0 aliphatic heterocycles. The van der Waals surface area contributed by atoms with E-state index in [0.29, 0.717) is 11.8 Å². The fraction of sp³-hybridized carbons (Fsp3) is 0.429. The standard InChI is InChI=1S/C28H32/c1-21(2)23-13-17-25(18-14-23)27-11-9-7-5-6-8-10-12-28(27)26-19-15-24(16-20-26)22(3)4/h13-22,27-28H,5-8H2,1-4H3. The van der Waals surface area contributed by atoms with E-state index in [1.165, 1.54) is 22.3 Å². The van der Waals surface area contributed by atoms with Gasteiger partial charge < -0.3 is 0 Å². The lowest BCUT2D eigenvalue weighted by Crippen LogP contribution is -2.09. The van der Waals surface area contributed by atoms with Gasteiger partial charge in [-0.1, -0.05) is 88.1 Å². The van der Waals surface area contributed by atoms with Gasteiger partial charge in [-0.2, -0.15) is 0 Å². The van der Waals surface area contributed by atoms with Gasteiger partial charge in [0.05, 0.1) is 11.8 Å². The molecular formula is C28H32. The average molecular weight is 369 g/mol. The molecule has 2 aromatic rings. The number of hydrogen-bond acceptors (Lipinski definition) is 0. The molecular weight excluding hydrogens is 336 g/mol. The Morgan fingerprint density at radius 3 is 1.29 bits per heavy atom. The Morgan fingerprint density at radius 2 is 0.964 bits per heavy atom. The third kappa shape index (κ3) is 5.09. The summed E-state index contributed by atoms with van der Waals surface area (Å²) in [7, 11) is 0. The smallest absolute Gasteiger partial charge is 0.0630 e. The molecule has 0 nitrogen and oxygen atoms in total. The summed E-state index contributed by atoms with van der Waals surface area (Å²) in [5, 5.41) is 0. The van der Waals surface area contributed by atoms with Crippen molar-refractivity contribution in [2.45, 2.75) is 77.0 Å². The van der Waals surface area contributed by atoms with Gasteiger partial charge in [0, 0.05) is 12.8 Å². The van der Waals surface area contributed by atoms with Crippen LogP contribution in [0, 0.1) is 23.7 Å². The van der Waals surface area contributed by atoms with Crippen LogP contribution in [-0.4, -0.2) is 0 Å². The molecule has 0 saturated heterocycles. The summed E-state index contributed by atoms with van der Waals surface area (Å²) in [5.41, 5.74) is 5.32. The van der Waals surface area contributed by atoms with Crippen molar-refractivity contribution in [3.63, 3.8) is 0 Å². The van der Waals surface area contributed by atoms with Crippen molar-refractivity contribution in [1.29, 1.82) is 0 Å². The Hall–Kier alpha value is -2.44.